The first-order chi connectivity index (χ1) is 9.10. The topological polar surface area (TPSA) is 76.2 Å². The molecule has 114 valence electrons. The van der Waals surface area contributed by atoms with Gasteiger partial charge in [-0.15, -0.1) is 0 Å². The normalized spacial score (nSPS) is 12.4. The molecule has 1 aromatic heterocycles. The third-order valence-corrected chi connectivity index (χ3v) is 3.64. The Morgan fingerprint density at radius 2 is 2.00 bits per heavy atom. The van der Waals surface area contributed by atoms with Gasteiger partial charge < -0.3 is 9.17 Å². The molecule has 0 spiro atoms. The number of H-pyrrole nitrogens is 1. The Hall–Kier alpha value is -1.22. The highest BCUT2D eigenvalue weighted by Crippen LogP contribution is 2.32. The Morgan fingerprint density at radius 3 is 2.50 bits per heavy atom. The Balaban J connectivity index is 3.29. The Kier molecular flexibility index (Phi) is 5.09. The lowest BCUT2D eigenvalue weighted by Gasteiger charge is -2.13. The second-order valence-corrected chi connectivity index (χ2v) is 5.79. The van der Waals surface area contributed by atoms with Crippen molar-refractivity contribution in [3.05, 3.63) is 27.1 Å². The van der Waals surface area contributed by atoms with Gasteiger partial charge in [0, 0.05) is 11.8 Å². The summed E-state index contributed by atoms with van der Waals surface area (Å²) < 4.78 is 62.9. The van der Waals surface area contributed by atoms with E-state index in [1.165, 1.54) is 0 Å². The van der Waals surface area contributed by atoms with Crippen LogP contribution in [0.15, 0.2) is 11.0 Å². The number of halogens is 4. The highest BCUT2D eigenvalue weighted by molar-refractivity contribution is 7.88. The van der Waals surface area contributed by atoms with Crippen molar-refractivity contribution in [2.75, 3.05) is 0 Å². The zero-order valence-corrected chi connectivity index (χ0v) is 11.8. The van der Waals surface area contributed by atoms with E-state index in [9.17, 15) is 26.4 Å². The van der Waals surface area contributed by atoms with Crippen LogP contribution in [0.4, 0.5) is 13.2 Å². The predicted molar refractivity (Wildman–Crippen MR) is 66.3 cm³/mol. The van der Waals surface area contributed by atoms with Gasteiger partial charge in [-0.2, -0.15) is 21.6 Å². The summed E-state index contributed by atoms with van der Waals surface area (Å²) in [6.07, 6.45) is 2.58. The minimum Gasteiger partial charge on any atom is -0.374 e. The summed E-state index contributed by atoms with van der Waals surface area (Å²) in [5, 5.41) is -0.730. The van der Waals surface area contributed by atoms with E-state index in [2.05, 4.69) is 9.17 Å². The lowest BCUT2D eigenvalue weighted by Crippen LogP contribution is -2.29. The first-order valence-electron chi connectivity index (χ1n) is 5.51. The van der Waals surface area contributed by atoms with Crippen LogP contribution in [-0.4, -0.2) is 18.9 Å². The maximum atomic E-state index is 12.3. The van der Waals surface area contributed by atoms with E-state index in [0.29, 0.717) is 12.8 Å². The molecule has 0 saturated heterocycles. The molecule has 0 aliphatic rings. The Labute approximate surface area is 117 Å². The number of unbranched alkanes of at least 4 members (excludes halogenated alkanes) is 1. The highest BCUT2D eigenvalue weighted by atomic mass is 35.5. The number of aromatic nitrogens is 1. The number of pyridine rings is 1. The standard InChI is InChI=1S/C10H11ClF3NO4S/c1-2-3-4-6-5-15-9(16)7(11)8(6)19-20(17,18)10(12,13)14/h5H,2-4H2,1H3,(H,15,16). The van der Waals surface area contributed by atoms with Crippen molar-refractivity contribution >= 4 is 21.7 Å². The molecule has 5 nitrogen and oxygen atoms in total. The fourth-order valence-corrected chi connectivity index (χ4v) is 2.09. The van der Waals surface area contributed by atoms with Crippen molar-refractivity contribution in [3.8, 4) is 5.75 Å². The molecule has 0 fully saturated rings. The van der Waals surface area contributed by atoms with Gasteiger partial charge in [0.2, 0.25) is 0 Å². The van der Waals surface area contributed by atoms with E-state index >= 15 is 0 Å². The van der Waals surface area contributed by atoms with Gasteiger partial charge in [-0.1, -0.05) is 24.9 Å². The molecule has 0 unspecified atom stereocenters. The summed E-state index contributed by atoms with van der Waals surface area (Å²) >= 11 is 5.53. The van der Waals surface area contributed by atoms with Gasteiger partial charge in [0.15, 0.2) is 5.75 Å². The molecule has 1 rings (SSSR count). The van der Waals surface area contributed by atoms with Crippen molar-refractivity contribution in [1.82, 2.24) is 4.98 Å². The minimum atomic E-state index is -5.87. The van der Waals surface area contributed by atoms with E-state index in [1.807, 2.05) is 6.92 Å². The van der Waals surface area contributed by atoms with Crippen LogP contribution in [0.25, 0.3) is 0 Å². The molecule has 1 aromatic rings. The van der Waals surface area contributed by atoms with Crippen LogP contribution in [0.3, 0.4) is 0 Å². The Bertz CT molecular complexity index is 639. The molecular weight excluding hydrogens is 323 g/mol. The fraction of sp³-hybridized carbons (Fsp3) is 0.500. The smallest absolute Gasteiger partial charge is 0.374 e. The average Bonchev–Trinajstić information content (AvgIpc) is 2.32. The largest absolute Gasteiger partial charge is 0.534 e. The van der Waals surface area contributed by atoms with Gasteiger partial charge >= 0.3 is 15.6 Å². The van der Waals surface area contributed by atoms with Crippen LogP contribution in [0.5, 0.6) is 5.75 Å². The lowest BCUT2D eigenvalue weighted by atomic mass is 10.1. The second-order valence-electron chi connectivity index (χ2n) is 3.87. The molecule has 20 heavy (non-hydrogen) atoms. The summed E-state index contributed by atoms with van der Waals surface area (Å²) in [6.45, 7) is 1.83. The summed E-state index contributed by atoms with van der Waals surface area (Å²) in [7, 11) is -5.87. The van der Waals surface area contributed by atoms with Crippen LogP contribution in [0.1, 0.15) is 25.3 Å². The molecule has 10 heteroatoms. The van der Waals surface area contributed by atoms with Gasteiger partial charge in [-0.25, -0.2) is 0 Å². The van der Waals surface area contributed by atoms with E-state index in [-0.39, 0.29) is 12.0 Å². The van der Waals surface area contributed by atoms with E-state index in [1.54, 1.807) is 0 Å². The zero-order chi connectivity index (χ0) is 15.6. The maximum absolute atomic E-state index is 12.3. The third-order valence-electron chi connectivity index (χ3n) is 2.34. The lowest BCUT2D eigenvalue weighted by molar-refractivity contribution is -0.0500. The van der Waals surface area contributed by atoms with Crippen molar-refractivity contribution in [2.45, 2.75) is 31.7 Å². The number of aryl methyl sites for hydroxylation is 1. The quantitative estimate of drug-likeness (QED) is 0.664. The van der Waals surface area contributed by atoms with Crippen molar-refractivity contribution in [3.63, 3.8) is 0 Å². The number of aromatic amines is 1. The predicted octanol–water partition coefficient (Wildman–Crippen LogP) is 2.60. The molecule has 0 atom stereocenters. The third kappa shape index (κ3) is 3.66. The van der Waals surface area contributed by atoms with Crippen molar-refractivity contribution in [2.24, 2.45) is 0 Å². The highest BCUT2D eigenvalue weighted by Gasteiger charge is 2.49. The molecule has 0 radical (unpaired) electrons. The van der Waals surface area contributed by atoms with Crippen LogP contribution >= 0.6 is 11.6 Å². The average molecular weight is 334 g/mol. The minimum absolute atomic E-state index is 0.0873. The molecular formula is C10H11ClF3NO4S. The molecule has 1 N–H and O–H groups in total. The molecule has 0 aromatic carbocycles. The summed E-state index contributed by atoms with van der Waals surface area (Å²) in [5.74, 6) is -0.777. The molecule has 0 aliphatic heterocycles. The second kappa shape index (κ2) is 6.04. The van der Waals surface area contributed by atoms with Gasteiger partial charge in [-0.05, 0) is 12.8 Å². The van der Waals surface area contributed by atoms with Gasteiger partial charge in [-0.3, -0.25) is 4.79 Å². The molecule has 0 bridgehead atoms. The number of hydrogen-bond acceptors (Lipinski definition) is 4. The zero-order valence-electron chi connectivity index (χ0n) is 10.3. The molecule has 0 saturated carbocycles. The van der Waals surface area contributed by atoms with Crippen molar-refractivity contribution in [1.29, 1.82) is 0 Å². The first kappa shape index (κ1) is 16.8. The number of nitrogens with one attached hydrogen (secondary N) is 1. The fourth-order valence-electron chi connectivity index (χ4n) is 1.33. The molecule has 1 heterocycles. The maximum Gasteiger partial charge on any atom is 0.534 e. The van der Waals surface area contributed by atoms with Crippen LogP contribution in [-0.2, 0) is 16.5 Å². The molecule has 0 amide bonds. The van der Waals surface area contributed by atoms with Crippen LogP contribution in [0, 0.1) is 0 Å². The van der Waals surface area contributed by atoms with Gasteiger partial charge in [0.25, 0.3) is 5.56 Å². The number of alkyl halides is 3. The summed E-state index contributed by atoms with van der Waals surface area (Å²) in [6, 6.07) is 0. The monoisotopic (exact) mass is 333 g/mol. The van der Waals surface area contributed by atoms with Gasteiger partial charge in [0.1, 0.15) is 5.02 Å². The number of hydrogen-bond donors (Lipinski definition) is 1. The van der Waals surface area contributed by atoms with Crippen molar-refractivity contribution < 1.29 is 25.8 Å². The first-order valence-corrected chi connectivity index (χ1v) is 7.29. The van der Waals surface area contributed by atoms with Crippen LogP contribution < -0.4 is 9.74 Å². The van der Waals surface area contributed by atoms with Crippen LogP contribution in [0.2, 0.25) is 5.02 Å². The Morgan fingerprint density at radius 1 is 1.40 bits per heavy atom. The molecule has 0 aliphatic carbocycles. The van der Waals surface area contributed by atoms with E-state index in [4.69, 9.17) is 11.6 Å². The van der Waals surface area contributed by atoms with Gasteiger partial charge in [0.05, 0.1) is 0 Å². The van der Waals surface area contributed by atoms with E-state index in [0.717, 1.165) is 6.20 Å². The number of rotatable bonds is 5. The summed E-state index contributed by atoms with van der Waals surface area (Å²) in [4.78, 5) is 13.5. The summed E-state index contributed by atoms with van der Waals surface area (Å²) in [5.41, 5.74) is -6.44. The van der Waals surface area contributed by atoms with E-state index < -0.39 is 32.0 Å². The SMILES string of the molecule is CCCCc1c[nH]c(=O)c(Cl)c1OS(=O)(=O)C(F)(F)F.